The molecule has 1 spiro atoms. The number of thiazole rings is 1. The summed E-state index contributed by atoms with van der Waals surface area (Å²) in [5, 5.41) is 18.2. The Hall–Kier alpha value is -2.59. The van der Waals surface area contributed by atoms with Crippen LogP contribution in [0.5, 0.6) is 5.75 Å². The molecule has 2 aliphatic heterocycles. The van der Waals surface area contributed by atoms with Gasteiger partial charge < -0.3 is 20.2 Å². The molecule has 0 bridgehead atoms. The van der Waals surface area contributed by atoms with Gasteiger partial charge in [0.05, 0.1) is 22.1 Å². The molecule has 38 heavy (non-hydrogen) atoms. The van der Waals surface area contributed by atoms with Crippen LogP contribution in [0, 0.1) is 11.2 Å². The number of carbonyl (C=O) groups is 1. The lowest BCUT2D eigenvalue weighted by atomic mass is 9.73. The van der Waals surface area contributed by atoms with E-state index >= 15 is 0 Å². The van der Waals surface area contributed by atoms with Crippen molar-refractivity contribution in [3.8, 4) is 5.75 Å². The zero-order chi connectivity index (χ0) is 27.2. The number of hydrogen-bond acceptors (Lipinski definition) is 6. The molecule has 3 aromatic rings. The standard InChI is InChI=1S/C27H30Cl2FN5O2S/c1-26(2,3)14-34-10-8-27(9-11-34)15-35(23-19(36)12-16(30)22(28)21(23)27)18-7-5-4-6-17(18)31-25(37)33-20-13-38-24(29)32-20/h4-7,12-13,36H,8-11,14-15H2,1-3H3,(H2,31,33,37). The van der Waals surface area contributed by atoms with Crippen molar-refractivity contribution in [2.75, 3.05) is 41.7 Å². The van der Waals surface area contributed by atoms with Gasteiger partial charge in [-0.2, -0.15) is 0 Å². The van der Waals surface area contributed by atoms with Gasteiger partial charge in [-0.25, -0.2) is 14.2 Å². The molecule has 5 rings (SSSR count). The second-order valence-corrected chi connectivity index (χ2v) is 13.0. The van der Waals surface area contributed by atoms with Gasteiger partial charge in [-0.05, 0) is 43.5 Å². The van der Waals surface area contributed by atoms with Crippen molar-refractivity contribution in [3.63, 3.8) is 0 Å². The third-order valence-electron chi connectivity index (χ3n) is 7.10. The number of benzene rings is 2. The lowest BCUT2D eigenvalue weighted by molar-refractivity contribution is 0.125. The number of aromatic nitrogens is 1. The number of phenols is 1. The second-order valence-electron chi connectivity index (χ2n) is 11.2. The Morgan fingerprint density at radius 2 is 1.92 bits per heavy atom. The second kappa shape index (κ2) is 10.2. The number of para-hydroxylation sites is 2. The summed E-state index contributed by atoms with van der Waals surface area (Å²) in [6.45, 7) is 9.82. The first-order chi connectivity index (χ1) is 18.0. The Morgan fingerprint density at radius 1 is 1.21 bits per heavy atom. The maximum atomic E-state index is 14.9. The van der Waals surface area contributed by atoms with Crippen molar-refractivity contribution in [3.05, 3.63) is 56.6 Å². The van der Waals surface area contributed by atoms with E-state index < -0.39 is 17.3 Å². The molecule has 0 saturated carbocycles. The zero-order valence-corrected chi connectivity index (χ0v) is 23.8. The molecule has 0 radical (unpaired) electrons. The largest absolute Gasteiger partial charge is 0.506 e. The molecule has 2 aliphatic rings. The van der Waals surface area contributed by atoms with E-state index in [1.165, 1.54) is 11.3 Å². The van der Waals surface area contributed by atoms with Crippen LogP contribution in [0.1, 0.15) is 39.2 Å². The van der Waals surface area contributed by atoms with E-state index in [2.05, 4.69) is 41.3 Å². The number of amides is 2. The van der Waals surface area contributed by atoms with Crippen molar-refractivity contribution in [1.82, 2.24) is 9.88 Å². The van der Waals surface area contributed by atoms with Crippen LogP contribution in [0.25, 0.3) is 0 Å². The minimum atomic E-state index is -0.631. The zero-order valence-electron chi connectivity index (χ0n) is 21.4. The highest BCUT2D eigenvalue weighted by molar-refractivity contribution is 7.14. The number of fused-ring (bicyclic) bond motifs is 2. The van der Waals surface area contributed by atoms with E-state index in [1.54, 1.807) is 11.4 Å². The Labute approximate surface area is 235 Å². The van der Waals surface area contributed by atoms with Crippen LogP contribution in [0.4, 0.5) is 32.1 Å². The van der Waals surface area contributed by atoms with Crippen LogP contribution in [-0.2, 0) is 5.41 Å². The van der Waals surface area contributed by atoms with Gasteiger partial charge in [0.25, 0.3) is 0 Å². The lowest BCUT2D eigenvalue weighted by Gasteiger charge is -2.42. The normalized spacial score (nSPS) is 17.1. The average molecular weight is 579 g/mol. The van der Waals surface area contributed by atoms with Gasteiger partial charge in [-0.3, -0.25) is 5.32 Å². The number of phenolic OH excluding ortho intramolecular Hbond substituents is 1. The fourth-order valence-electron chi connectivity index (χ4n) is 5.64. The van der Waals surface area contributed by atoms with Crippen molar-refractivity contribution < 1.29 is 14.3 Å². The maximum Gasteiger partial charge on any atom is 0.324 e. The first kappa shape index (κ1) is 27.0. The summed E-state index contributed by atoms with van der Waals surface area (Å²) in [6, 6.07) is 7.90. The minimum Gasteiger partial charge on any atom is -0.506 e. The fraction of sp³-hybridized carbons (Fsp3) is 0.407. The van der Waals surface area contributed by atoms with Gasteiger partial charge in [-0.1, -0.05) is 56.1 Å². The summed E-state index contributed by atoms with van der Waals surface area (Å²) >= 11 is 13.7. The molecule has 0 atom stereocenters. The Kier molecular flexibility index (Phi) is 7.24. The van der Waals surface area contributed by atoms with Gasteiger partial charge in [0.1, 0.15) is 17.4 Å². The highest BCUT2D eigenvalue weighted by Crippen LogP contribution is 2.57. The molecule has 2 aromatic carbocycles. The molecular formula is C27H30Cl2FN5O2S. The molecule has 3 N–H and O–H groups in total. The third kappa shape index (κ3) is 5.30. The predicted molar refractivity (Wildman–Crippen MR) is 153 cm³/mol. The fourth-order valence-corrected chi connectivity index (χ4v) is 6.68. The first-order valence-corrected chi connectivity index (χ1v) is 14.1. The van der Waals surface area contributed by atoms with Gasteiger partial charge in [0, 0.05) is 35.5 Å². The number of nitrogens with one attached hydrogen (secondary N) is 2. The van der Waals surface area contributed by atoms with Crippen LogP contribution >= 0.6 is 34.5 Å². The summed E-state index contributed by atoms with van der Waals surface area (Å²) in [7, 11) is 0. The summed E-state index contributed by atoms with van der Waals surface area (Å²) in [6.07, 6.45) is 1.55. The minimum absolute atomic E-state index is 0.0492. The number of rotatable bonds is 4. The number of hydrogen-bond donors (Lipinski definition) is 3. The number of piperidine rings is 1. The van der Waals surface area contributed by atoms with E-state index in [-0.39, 0.29) is 16.2 Å². The SMILES string of the molecule is CC(C)(C)CN1CCC2(CC1)CN(c1ccccc1NC(=O)Nc1csc(Cl)n1)c1c(O)cc(F)c(Cl)c12. The number of nitrogens with zero attached hydrogens (tertiary/aromatic N) is 3. The molecule has 2 amide bonds. The van der Waals surface area contributed by atoms with Crippen LogP contribution < -0.4 is 15.5 Å². The van der Waals surface area contributed by atoms with E-state index in [4.69, 9.17) is 23.2 Å². The molecule has 11 heteroatoms. The summed E-state index contributed by atoms with van der Waals surface area (Å²) in [4.78, 5) is 21.2. The molecule has 1 fully saturated rings. The lowest BCUT2D eigenvalue weighted by Crippen LogP contribution is -2.47. The van der Waals surface area contributed by atoms with E-state index in [0.717, 1.165) is 38.5 Å². The van der Waals surface area contributed by atoms with Gasteiger partial charge in [-0.15, -0.1) is 11.3 Å². The first-order valence-electron chi connectivity index (χ1n) is 12.5. The Balaban J connectivity index is 1.48. The summed E-state index contributed by atoms with van der Waals surface area (Å²) < 4.78 is 15.2. The van der Waals surface area contributed by atoms with Gasteiger partial charge in [0.15, 0.2) is 4.47 Å². The number of carbonyl (C=O) groups excluding carboxylic acids is 1. The smallest absolute Gasteiger partial charge is 0.324 e. The van der Waals surface area contributed by atoms with Crippen LogP contribution in [-0.4, -0.2) is 47.2 Å². The number of anilines is 4. The number of halogens is 3. The van der Waals surface area contributed by atoms with Crippen LogP contribution in [0.15, 0.2) is 35.7 Å². The number of aromatic hydroxyl groups is 1. The van der Waals surface area contributed by atoms with Crippen molar-refractivity contribution in [2.45, 2.75) is 39.0 Å². The summed E-state index contributed by atoms with van der Waals surface area (Å²) in [5.74, 6) is -0.455. The van der Waals surface area contributed by atoms with Crippen LogP contribution in [0.3, 0.4) is 0 Å². The van der Waals surface area contributed by atoms with Crippen molar-refractivity contribution in [1.29, 1.82) is 0 Å². The van der Waals surface area contributed by atoms with Gasteiger partial charge in [0.2, 0.25) is 0 Å². The molecule has 0 aliphatic carbocycles. The van der Waals surface area contributed by atoms with Crippen molar-refractivity contribution in [2.24, 2.45) is 5.41 Å². The topological polar surface area (TPSA) is 80.7 Å². The maximum absolute atomic E-state index is 14.9. The predicted octanol–water partition coefficient (Wildman–Crippen LogP) is 7.47. The van der Waals surface area contributed by atoms with Crippen LogP contribution in [0.2, 0.25) is 9.49 Å². The number of likely N-dealkylation sites (tertiary alicyclic amines) is 1. The molecule has 1 aromatic heterocycles. The number of urea groups is 1. The molecule has 1 saturated heterocycles. The van der Waals surface area contributed by atoms with E-state index in [9.17, 15) is 14.3 Å². The molecule has 202 valence electrons. The van der Waals surface area contributed by atoms with E-state index in [1.807, 2.05) is 23.1 Å². The van der Waals surface area contributed by atoms with Crippen molar-refractivity contribution >= 4 is 63.4 Å². The monoisotopic (exact) mass is 577 g/mol. The third-order valence-corrected chi connectivity index (χ3v) is 8.45. The average Bonchev–Trinajstić information content (AvgIpc) is 3.40. The molecule has 7 nitrogen and oxygen atoms in total. The van der Waals surface area contributed by atoms with Gasteiger partial charge >= 0.3 is 6.03 Å². The Bertz CT molecular complexity index is 1370. The molecule has 3 heterocycles. The molecular weight excluding hydrogens is 548 g/mol. The highest BCUT2D eigenvalue weighted by Gasteiger charge is 2.49. The summed E-state index contributed by atoms with van der Waals surface area (Å²) in [5.41, 5.74) is 2.06. The Morgan fingerprint density at radius 3 is 2.58 bits per heavy atom. The highest BCUT2D eigenvalue weighted by atomic mass is 35.5. The quantitative estimate of drug-likeness (QED) is 0.299. The molecule has 0 unspecified atom stereocenters. The van der Waals surface area contributed by atoms with E-state index in [0.29, 0.717) is 39.5 Å².